The first-order valence-corrected chi connectivity index (χ1v) is 5.61. The number of aromatic nitrogens is 1. The molecular formula is C14H11FN2O. The number of hydrogen-bond donors (Lipinski definition) is 2. The minimum Gasteiger partial charge on any atom is -0.361 e. The number of carbonyl (C=O) groups excluding carboxylic acids is 1. The van der Waals surface area contributed by atoms with Gasteiger partial charge in [0, 0.05) is 23.1 Å². The Balaban J connectivity index is 2.11. The summed E-state index contributed by atoms with van der Waals surface area (Å²) in [5, 5.41) is 2.71. The molecule has 3 rings (SSSR count). The zero-order chi connectivity index (χ0) is 12.7. The van der Waals surface area contributed by atoms with Gasteiger partial charge in [0.15, 0.2) is 0 Å². The second-order valence-electron chi connectivity index (χ2n) is 4.33. The lowest BCUT2D eigenvalue weighted by molar-refractivity contribution is -0.110. The van der Waals surface area contributed by atoms with E-state index in [-0.39, 0.29) is 11.7 Å². The molecule has 2 heterocycles. The van der Waals surface area contributed by atoms with Gasteiger partial charge >= 0.3 is 0 Å². The lowest BCUT2D eigenvalue weighted by Crippen LogP contribution is -2.03. The number of nitrogens with one attached hydrogen (secondary N) is 2. The van der Waals surface area contributed by atoms with Crippen molar-refractivity contribution in [1.82, 2.24) is 4.98 Å². The van der Waals surface area contributed by atoms with E-state index in [1.807, 2.05) is 19.2 Å². The third-order valence-corrected chi connectivity index (χ3v) is 2.91. The van der Waals surface area contributed by atoms with E-state index in [0.717, 1.165) is 11.3 Å². The fourth-order valence-corrected chi connectivity index (χ4v) is 2.07. The summed E-state index contributed by atoms with van der Waals surface area (Å²) in [5.41, 5.74) is 3.64. The molecule has 2 aromatic rings. The highest BCUT2D eigenvalue weighted by molar-refractivity contribution is 6.34. The van der Waals surface area contributed by atoms with Gasteiger partial charge < -0.3 is 10.3 Å². The van der Waals surface area contributed by atoms with Crippen LogP contribution >= 0.6 is 0 Å². The Morgan fingerprint density at radius 3 is 2.83 bits per heavy atom. The van der Waals surface area contributed by atoms with E-state index < -0.39 is 0 Å². The van der Waals surface area contributed by atoms with Crippen LogP contribution in [0.3, 0.4) is 0 Å². The van der Waals surface area contributed by atoms with Crippen LogP contribution in [0.5, 0.6) is 0 Å². The number of H-pyrrole nitrogens is 1. The summed E-state index contributed by atoms with van der Waals surface area (Å²) in [6.07, 6.45) is 3.58. The van der Waals surface area contributed by atoms with Crippen molar-refractivity contribution in [3.05, 3.63) is 53.1 Å². The van der Waals surface area contributed by atoms with Crippen molar-refractivity contribution in [3.8, 4) is 0 Å². The molecule has 0 saturated carbocycles. The molecule has 1 aromatic heterocycles. The number of anilines is 1. The van der Waals surface area contributed by atoms with Gasteiger partial charge in [-0.2, -0.15) is 0 Å². The zero-order valence-electron chi connectivity index (χ0n) is 9.75. The molecule has 0 unspecified atom stereocenters. The van der Waals surface area contributed by atoms with E-state index in [4.69, 9.17) is 0 Å². The minimum atomic E-state index is -0.348. The summed E-state index contributed by atoms with van der Waals surface area (Å²) < 4.78 is 13.2. The predicted molar refractivity (Wildman–Crippen MR) is 68.4 cm³/mol. The number of aromatic amines is 1. The fourth-order valence-electron chi connectivity index (χ4n) is 2.07. The molecule has 1 aliphatic heterocycles. The second kappa shape index (κ2) is 3.84. The van der Waals surface area contributed by atoms with Crippen LogP contribution in [0, 0.1) is 12.7 Å². The van der Waals surface area contributed by atoms with E-state index in [1.54, 1.807) is 12.1 Å². The molecule has 0 radical (unpaired) electrons. The molecule has 1 aromatic carbocycles. The molecule has 4 heteroatoms. The van der Waals surface area contributed by atoms with Gasteiger partial charge in [0.2, 0.25) is 0 Å². The van der Waals surface area contributed by atoms with Crippen LogP contribution in [0.4, 0.5) is 10.1 Å². The van der Waals surface area contributed by atoms with Crippen molar-refractivity contribution >= 4 is 23.2 Å². The van der Waals surface area contributed by atoms with Gasteiger partial charge in [0.05, 0.1) is 5.57 Å². The van der Waals surface area contributed by atoms with Crippen LogP contribution in [-0.2, 0) is 4.79 Å². The highest BCUT2D eigenvalue weighted by atomic mass is 19.1. The fraction of sp³-hybridized carbons (Fsp3) is 0.0714. The number of amides is 1. The maximum Gasteiger partial charge on any atom is 0.256 e. The molecule has 1 aliphatic rings. The highest BCUT2D eigenvalue weighted by Crippen LogP contribution is 2.33. The normalized spacial score (nSPS) is 15.9. The molecule has 0 aliphatic carbocycles. The topological polar surface area (TPSA) is 44.9 Å². The van der Waals surface area contributed by atoms with Crippen molar-refractivity contribution in [3.63, 3.8) is 0 Å². The molecule has 1 amide bonds. The largest absolute Gasteiger partial charge is 0.361 e. The Hall–Kier alpha value is -2.36. The van der Waals surface area contributed by atoms with Gasteiger partial charge in [-0.3, -0.25) is 4.79 Å². The molecule has 0 spiro atoms. The van der Waals surface area contributed by atoms with Crippen LogP contribution in [0.25, 0.3) is 11.6 Å². The SMILES string of the molecule is Cc1c[nH]c(C=C2C(=O)Nc3ccc(F)cc32)c1. The number of rotatable bonds is 1. The van der Waals surface area contributed by atoms with E-state index in [9.17, 15) is 9.18 Å². The zero-order valence-corrected chi connectivity index (χ0v) is 9.75. The van der Waals surface area contributed by atoms with Crippen LogP contribution in [0.2, 0.25) is 0 Å². The summed E-state index contributed by atoms with van der Waals surface area (Å²) >= 11 is 0. The number of hydrogen-bond acceptors (Lipinski definition) is 1. The summed E-state index contributed by atoms with van der Waals surface area (Å²) in [4.78, 5) is 14.9. The van der Waals surface area contributed by atoms with E-state index in [1.165, 1.54) is 12.1 Å². The molecule has 0 atom stereocenters. The van der Waals surface area contributed by atoms with Crippen molar-refractivity contribution < 1.29 is 9.18 Å². The molecule has 2 N–H and O–H groups in total. The van der Waals surface area contributed by atoms with Gasteiger partial charge in [0.25, 0.3) is 5.91 Å². The third kappa shape index (κ3) is 1.72. The van der Waals surface area contributed by atoms with Gasteiger partial charge in [-0.1, -0.05) is 0 Å². The standard InChI is InChI=1S/C14H11FN2O/c1-8-4-10(16-7-8)6-12-11-5-9(15)2-3-13(11)17-14(12)18/h2-7,16H,1H3,(H,17,18). The van der Waals surface area contributed by atoms with Crippen LogP contribution < -0.4 is 5.32 Å². The van der Waals surface area contributed by atoms with Crippen molar-refractivity contribution in [1.29, 1.82) is 0 Å². The van der Waals surface area contributed by atoms with Crippen molar-refractivity contribution in [2.24, 2.45) is 0 Å². The van der Waals surface area contributed by atoms with Crippen LogP contribution in [0.1, 0.15) is 16.8 Å². The highest BCUT2D eigenvalue weighted by Gasteiger charge is 2.24. The van der Waals surface area contributed by atoms with Gasteiger partial charge in [-0.05, 0) is 42.8 Å². The van der Waals surface area contributed by atoms with Crippen LogP contribution in [-0.4, -0.2) is 10.9 Å². The monoisotopic (exact) mass is 242 g/mol. The quantitative estimate of drug-likeness (QED) is 0.742. The molecular weight excluding hydrogens is 231 g/mol. The minimum absolute atomic E-state index is 0.206. The predicted octanol–water partition coefficient (Wildman–Crippen LogP) is 2.95. The maximum absolute atomic E-state index is 13.2. The molecule has 0 bridgehead atoms. The summed E-state index contributed by atoms with van der Waals surface area (Å²) in [6.45, 7) is 1.96. The van der Waals surface area contributed by atoms with E-state index in [2.05, 4.69) is 10.3 Å². The second-order valence-corrected chi connectivity index (χ2v) is 4.33. The Morgan fingerprint density at radius 2 is 2.11 bits per heavy atom. The Bertz CT molecular complexity index is 670. The maximum atomic E-state index is 13.2. The lowest BCUT2D eigenvalue weighted by Gasteiger charge is -1.97. The average Bonchev–Trinajstić information content (AvgIpc) is 2.86. The molecule has 3 nitrogen and oxygen atoms in total. The number of carbonyl (C=O) groups is 1. The number of halogens is 1. The van der Waals surface area contributed by atoms with Gasteiger partial charge in [0.1, 0.15) is 5.82 Å². The van der Waals surface area contributed by atoms with Crippen molar-refractivity contribution in [2.75, 3.05) is 5.32 Å². The Kier molecular flexibility index (Phi) is 2.30. The first-order valence-electron chi connectivity index (χ1n) is 5.61. The Labute approximate surface area is 103 Å². The average molecular weight is 242 g/mol. The van der Waals surface area contributed by atoms with Crippen molar-refractivity contribution in [2.45, 2.75) is 6.92 Å². The third-order valence-electron chi connectivity index (χ3n) is 2.91. The number of aryl methyl sites for hydroxylation is 1. The smallest absolute Gasteiger partial charge is 0.256 e. The number of fused-ring (bicyclic) bond motifs is 1. The molecule has 90 valence electrons. The van der Waals surface area contributed by atoms with Gasteiger partial charge in [-0.25, -0.2) is 4.39 Å². The summed E-state index contributed by atoms with van der Waals surface area (Å²) in [7, 11) is 0. The molecule has 0 saturated heterocycles. The van der Waals surface area contributed by atoms with Gasteiger partial charge in [-0.15, -0.1) is 0 Å². The summed E-state index contributed by atoms with van der Waals surface area (Å²) in [5.74, 6) is -0.554. The van der Waals surface area contributed by atoms with Crippen LogP contribution in [0.15, 0.2) is 30.5 Å². The summed E-state index contributed by atoms with van der Waals surface area (Å²) in [6, 6.07) is 6.21. The van der Waals surface area contributed by atoms with E-state index >= 15 is 0 Å². The lowest BCUT2D eigenvalue weighted by atomic mass is 10.1. The first kappa shape index (κ1) is 10.8. The molecule has 0 fully saturated rings. The van der Waals surface area contributed by atoms with E-state index in [0.29, 0.717) is 16.8 Å². The number of benzene rings is 1. The first-order chi connectivity index (χ1) is 8.63. The Morgan fingerprint density at radius 1 is 1.28 bits per heavy atom. The molecule has 18 heavy (non-hydrogen) atoms.